The highest BCUT2D eigenvalue weighted by atomic mass is 16.3. The number of carbonyl (C=O) groups excluding carboxylic acids is 1. The third kappa shape index (κ3) is 3.54. The van der Waals surface area contributed by atoms with Crippen LogP contribution in [-0.4, -0.2) is 41.7 Å². The van der Waals surface area contributed by atoms with Gasteiger partial charge in [0.15, 0.2) is 0 Å². The molecule has 0 bridgehead atoms. The normalized spacial score (nSPS) is 18.0. The lowest BCUT2D eigenvalue weighted by Gasteiger charge is -2.34. The molecule has 1 fully saturated rings. The molecule has 1 heterocycles. The molecule has 1 saturated heterocycles. The summed E-state index contributed by atoms with van der Waals surface area (Å²) in [5, 5.41) is 14.5. The van der Waals surface area contributed by atoms with E-state index in [0.717, 1.165) is 42.4 Å². The molecule has 1 aliphatic rings. The lowest BCUT2D eigenvalue weighted by molar-refractivity contribution is -0.121. The van der Waals surface area contributed by atoms with Crippen LogP contribution in [0.15, 0.2) is 42.5 Å². The minimum absolute atomic E-state index is 0.0313. The van der Waals surface area contributed by atoms with Crippen LogP contribution in [0.25, 0.3) is 10.8 Å². The van der Waals surface area contributed by atoms with Crippen molar-refractivity contribution in [1.29, 1.82) is 0 Å². The monoisotopic (exact) mass is 312 g/mol. The van der Waals surface area contributed by atoms with Gasteiger partial charge in [0.2, 0.25) is 5.91 Å². The van der Waals surface area contributed by atoms with Crippen LogP contribution < -0.4 is 5.32 Å². The fourth-order valence-electron chi connectivity index (χ4n) is 3.26. The number of piperidine rings is 1. The maximum Gasteiger partial charge on any atom is 0.241 e. The number of nitrogens with zero attached hydrogens (tertiary/aromatic N) is 1. The van der Waals surface area contributed by atoms with Crippen LogP contribution in [0.3, 0.4) is 0 Å². The SMILES string of the molecule is CC(C(=O)Nc1cccc2ccccc12)N1CCC(CO)CC1. The average Bonchev–Trinajstić information content (AvgIpc) is 2.61. The van der Waals surface area contributed by atoms with Gasteiger partial charge in [-0.05, 0) is 50.2 Å². The van der Waals surface area contributed by atoms with Gasteiger partial charge in [-0.2, -0.15) is 0 Å². The molecule has 0 aliphatic carbocycles. The first-order valence-electron chi connectivity index (χ1n) is 8.32. The fraction of sp³-hybridized carbons (Fsp3) is 0.421. The molecule has 0 aromatic heterocycles. The highest BCUT2D eigenvalue weighted by Gasteiger charge is 2.26. The zero-order valence-electron chi connectivity index (χ0n) is 13.5. The minimum Gasteiger partial charge on any atom is -0.396 e. The van der Waals surface area contributed by atoms with Gasteiger partial charge in [0.1, 0.15) is 0 Å². The van der Waals surface area contributed by atoms with Crippen molar-refractivity contribution in [3.05, 3.63) is 42.5 Å². The molecule has 1 unspecified atom stereocenters. The summed E-state index contributed by atoms with van der Waals surface area (Å²) in [5.41, 5.74) is 0.866. The summed E-state index contributed by atoms with van der Waals surface area (Å²) >= 11 is 0. The van der Waals surface area contributed by atoms with Crippen LogP contribution in [0.2, 0.25) is 0 Å². The van der Waals surface area contributed by atoms with Crippen molar-refractivity contribution in [1.82, 2.24) is 4.90 Å². The average molecular weight is 312 g/mol. The van der Waals surface area contributed by atoms with E-state index in [0.29, 0.717) is 5.92 Å². The van der Waals surface area contributed by atoms with Crippen molar-refractivity contribution in [3.8, 4) is 0 Å². The number of likely N-dealkylation sites (tertiary alicyclic amines) is 1. The van der Waals surface area contributed by atoms with Gasteiger partial charge in [-0.15, -0.1) is 0 Å². The van der Waals surface area contributed by atoms with Gasteiger partial charge in [0.25, 0.3) is 0 Å². The van der Waals surface area contributed by atoms with E-state index in [1.807, 2.05) is 49.4 Å². The van der Waals surface area contributed by atoms with E-state index in [1.165, 1.54) is 0 Å². The lowest BCUT2D eigenvalue weighted by atomic mass is 9.97. The number of hydrogen-bond acceptors (Lipinski definition) is 3. The summed E-state index contributed by atoms with van der Waals surface area (Å²) in [5.74, 6) is 0.420. The topological polar surface area (TPSA) is 52.6 Å². The number of amides is 1. The lowest BCUT2D eigenvalue weighted by Crippen LogP contribution is -2.46. The highest BCUT2D eigenvalue weighted by Crippen LogP contribution is 2.24. The molecule has 4 nitrogen and oxygen atoms in total. The van der Waals surface area contributed by atoms with Gasteiger partial charge in [0.05, 0.1) is 6.04 Å². The second kappa shape index (κ2) is 7.11. The van der Waals surface area contributed by atoms with Crippen molar-refractivity contribution in [3.63, 3.8) is 0 Å². The highest BCUT2D eigenvalue weighted by molar-refractivity contribution is 6.03. The van der Waals surface area contributed by atoms with Gasteiger partial charge >= 0.3 is 0 Å². The predicted octanol–water partition coefficient (Wildman–Crippen LogP) is 2.87. The van der Waals surface area contributed by atoms with Gasteiger partial charge < -0.3 is 10.4 Å². The number of hydrogen-bond donors (Lipinski definition) is 2. The number of aliphatic hydroxyl groups is 1. The van der Waals surface area contributed by atoms with Gasteiger partial charge in [-0.25, -0.2) is 0 Å². The molecule has 4 heteroatoms. The van der Waals surface area contributed by atoms with Crippen LogP contribution in [0.4, 0.5) is 5.69 Å². The quantitative estimate of drug-likeness (QED) is 0.913. The molecule has 2 N–H and O–H groups in total. The molecule has 1 atom stereocenters. The molecule has 2 aromatic carbocycles. The Bertz CT molecular complexity index is 673. The second-order valence-corrected chi connectivity index (χ2v) is 6.35. The Morgan fingerprint density at radius 1 is 1.22 bits per heavy atom. The number of carbonyl (C=O) groups is 1. The number of rotatable bonds is 4. The summed E-state index contributed by atoms with van der Waals surface area (Å²) in [6, 6.07) is 13.9. The van der Waals surface area contributed by atoms with Crippen molar-refractivity contribution < 1.29 is 9.90 Å². The summed E-state index contributed by atoms with van der Waals surface area (Å²) in [6.45, 7) is 3.95. The molecular formula is C19H24N2O2. The molecular weight excluding hydrogens is 288 g/mol. The Morgan fingerprint density at radius 3 is 2.65 bits per heavy atom. The van der Waals surface area contributed by atoms with Crippen LogP contribution in [0.1, 0.15) is 19.8 Å². The summed E-state index contributed by atoms with van der Waals surface area (Å²) < 4.78 is 0. The Labute approximate surface area is 137 Å². The Hall–Kier alpha value is -1.91. The summed E-state index contributed by atoms with van der Waals surface area (Å²) in [7, 11) is 0. The van der Waals surface area contributed by atoms with Crippen LogP contribution in [0, 0.1) is 5.92 Å². The molecule has 1 amide bonds. The molecule has 122 valence electrons. The van der Waals surface area contributed by atoms with Gasteiger partial charge in [-0.3, -0.25) is 9.69 Å². The van der Waals surface area contributed by atoms with E-state index in [2.05, 4.69) is 10.2 Å². The predicted molar refractivity (Wildman–Crippen MR) is 93.4 cm³/mol. The molecule has 0 spiro atoms. The Morgan fingerprint density at radius 2 is 1.91 bits per heavy atom. The molecule has 0 saturated carbocycles. The van der Waals surface area contributed by atoms with Crippen molar-refractivity contribution in [2.24, 2.45) is 5.92 Å². The summed E-state index contributed by atoms with van der Waals surface area (Å²) in [6.07, 6.45) is 1.92. The Kier molecular flexibility index (Phi) is 4.94. The van der Waals surface area contributed by atoms with E-state index in [-0.39, 0.29) is 18.6 Å². The number of fused-ring (bicyclic) bond motifs is 1. The first-order chi connectivity index (χ1) is 11.2. The largest absolute Gasteiger partial charge is 0.396 e. The zero-order chi connectivity index (χ0) is 16.2. The molecule has 23 heavy (non-hydrogen) atoms. The summed E-state index contributed by atoms with van der Waals surface area (Å²) in [4.78, 5) is 14.8. The molecule has 3 rings (SSSR count). The molecule has 0 radical (unpaired) electrons. The van der Waals surface area contributed by atoms with E-state index in [4.69, 9.17) is 0 Å². The number of nitrogens with one attached hydrogen (secondary N) is 1. The first-order valence-corrected chi connectivity index (χ1v) is 8.32. The zero-order valence-corrected chi connectivity index (χ0v) is 13.5. The minimum atomic E-state index is -0.159. The molecule has 2 aromatic rings. The Balaban J connectivity index is 1.68. The van der Waals surface area contributed by atoms with E-state index >= 15 is 0 Å². The maximum atomic E-state index is 12.6. The smallest absolute Gasteiger partial charge is 0.241 e. The van der Waals surface area contributed by atoms with Gasteiger partial charge in [0, 0.05) is 17.7 Å². The third-order valence-electron chi connectivity index (χ3n) is 4.88. The van der Waals surface area contributed by atoms with E-state index in [1.54, 1.807) is 0 Å². The van der Waals surface area contributed by atoms with Crippen LogP contribution in [-0.2, 0) is 4.79 Å². The van der Waals surface area contributed by atoms with E-state index in [9.17, 15) is 9.90 Å². The number of benzene rings is 2. The van der Waals surface area contributed by atoms with Crippen molar-refractivity contribution in [2.75, 3.05) is 25.0 Å². The van der Waals surface area contributed by atoms with Gasteiger partial charge in [-0.1, -0.05) is 36.4 Å². The maximum absolute atomic E-state index is 12.6. The molecule has 1 aliphatic heterocycles. The van der Waals surface area contributed by atoms with E-state index < -0.39 is 0 Å². The number of anilines is 1. The number of aliphatic hydroxyl groups excluding tert-OH is 1. The second-order valence-electron chi connectivity index (χ2n) is 6.35. The van der Waals surface area contributed by atoms with Crippen molar-refractivity contribution in [2.45, 2.75) is 25.8 Å². The van der Waals surface area contributed by atoms with Crippen LogP contribution in [0.5, 0.6) is 0 Å². The fourth-order valence-corrected chi connectivity index (χ4v) is 3.26. The van der Waals surface area contributed by atoms with Crippen LogP contribution >= 0.6 is 0 Å². The third-order valence-corrected chi connectivity index (χ3v) is 4.88. The van der Waals surface area contributed by atoms with Crippen molar-refractivity contribution >= 4 is 22.4 Å². The first kappa shape index (κ1) is 16.0. The standard InChI is InChI=1S/C19H24N2O2/c1-14(21-11-9-15(13-22)10-12-21)19(23)20-18-8-4-6-16-5-2-3-7-17(16)18/h2-8,14-15,22H,9-13H2,1H3,(H,20,23).